The van der Waals surface area contributed by atoms with Crippen LogP contribution in [0.4, 0.5) is 17.1 Å². The molecule has 7 heteroatoms. The van der Waals surface area contributed by atoms with E-state index in [1.165, 1.54) is 0 Å². The second-order valence-electron chi connectivity index (χ2n) is 7.12. The van der Waals surface area contributed by atoms with Crippen molar-refractivity contribution >= 4 is 41.3 Å². The third kappa shape index (κ3) is 5.28. The molecule has 4 N–H and O–H groups in total. The molecular formula is C22H29ClN4O2. The zero-order valence-corrected chi connectivity index (χ0v) is 17.7. The number of carbonyl (C=O) groups is 2. The monoisotopic (exact) mass is 416 g/mol. The van der Waals surface area contributed by atoms with E-state index in [-0.39, 0.29) is 36.3 Å². The van der Waals surface area contributed by atoms with Gasteiger partial charge in [0.1, 0.15) is 0 Å². The molecule has 1 aliphatic rings. The van der Waals surface area contributed by atoms with Crippen LogP contribution < -0.4 is 21.3 Å². The third-order valence-electron chi connectivity index (χ3n) is 5.04. The van der Waals surface area contributed by atoms with E-state index >= 15 is 0 Å². The predicted octanol–water partition coefficient (Wildman–Crippen LogP) is 4.08. The lowest BCUT2D eigenvalue weighted by Crippen LogP contribution is -2.44. The van der Waals surface area contributed by atoms with Gasteiger partial charge in [0.2, 0.25) is 11.8 Å². The molecule has 2 atom stereocenters. The van der Waals surface area contributed by atoms with Gasteiger partial charge in [-0.25, -0.2) is 0 Å². The molecular weight excluding hydrogens is 388 g/mol. The number of benzene rings is 2. The fraction of sp³-hybridized carbons (Fsp3) is 0.364. The van der Waals surface area contributed by atoms with Crippen molar-refractivity contribution < 1.29 is 9.59 Å². The van der Waals surface area contributed by atoms with E-state index in [1.54, 1.807) is 0 Å². The maximum atomic E-state index is 12.4. The lowest BCUT2D eigenvalue weighted by Gasteiger charge is -2.40. The van der Waals surface area contributed by atoms with Crippen LogP contribution >= 0.6 is 12.4 Å². The summed E-state index contributed by atoms with van der Waals surface area (Å²) in [5, 5.41) is 6.41. The molecule has 0 aromatic heterocycles. The molecule has 2 amide bonds. The minimum absolute atomic E-state index is 0. The average Bonchev–Trinajstić information content (AvgIpc) is 2.69. The van der Waals surface area contributed by atoms with Crippen molar-refractivity contribution in [1.29, 1.82) is 0 Å². The van der Waals surface area contributed by atoms with Crippen molar-refractivity contribution in [2.45, 2.75) is 45.2 Å². The van der Waals surface area contributed by atoms with Gasteiger partial charge in [-0.3, -0.25) is 9.59 Å². The van der Waals surface area contributed by atoms with E-state index in [1.807, 2.05) is 54.3 Å². The highest BCUT2D eigenvalue weighted by molar-refractivity contribution is 5.95. The summed E-state index contributed by atoms with van der Waals surface area (Å²) in [4.78, 5) is 26.0. The average molecular weight is 417 g/mol. The molecule has 0 radical (unpaired) electrons. The number of nitrogens with zero attached hydrogens (tertiary/aromatic N) is 1. The quantitative estimate of drug-likeness (QED) is 0.662. The van der Waals surface area contributed by atoms with Gasteiger partial charge in [-0.15, -0.1) is 12.4 Å². The largest absolute Gasteiger partial charge is 0.378 e. The highest BCUT2D eigenvalue weighted by atomic mass is 35.5. The van der Waals surface area contributed by atoms with Crippen molar-refractivity contribution in [1.82, 2.24) is 0 Å². The number of halogens is 1. The molecule has 6 nitrogen and oxygen atoms in total. The Balaban J connectivity index is 0.00000300. The Morgan fingerprint density at radius 3 is 2.41 bits per heavy atom. The van der Waals surface area contributed by atoms with Crippen molar-refractivity contribution in [2.75, 3.05) is 22.1 Å². The summed E-state index contributed by atoms with van der Waals surface area (Å²) in [6, 6.07) is 16.0. The first-order valence-electron chi connectivity index (χ1n) is 9.81. The molecule has 2 aromatic rings. The summed E-state index contributed by atoms with van der Waals surface area (Å²) in [6.45, 7) is 4.33. The number of rotatable bonds is 6. The van der Waals surface area contributed by atoms with Gasteiger partial charge in [0.25, 0.3) is 0 Å². The number of hydrogen-bond donors (Lipinski definition) is 3. The Kier molecular flexibility index (Phi) is 8.05. The van der Waals surface area contributed by atoms with E-state index in [2.05, 4.69) is 23.6 Å². The number of anilines is 3. The van der Waals surface area contributed by atoms with E-state index < -0.39 is 0 Å². The normalized spacial score (nSPS) is 17.7. The Morgan fingerprint density at radius 1 is 1.10 bits per heavy atom. The van der Waals surface area contributed by atoms with Crippen LogP contribution in [0.3, 0.4) is 0 Å². The first kappa shape index (κ1) is 22.7. The van der Waals surface area contributed by atoms with Gasteiger partial charge in [0.05, 0.1) is 6.04 Å². The highest BCUT2D eigenvalue weighted by Gasteiger charge is 2.32. The highest BCUT2D eigenvalue weighted by Crippen LogP contribution is 2.39. The Labute approximate surface area is 178 Å². The minimum Gasteiger partial charge on any atom is -0.378 e. The molecule has 1 aliphatic heterocycles. The van der Waals surface area contributed by atoms with Gasteiger partial charge in [-0.05, 0) is 49.2 Å². The second-order valence-corrected chi connectivity index (χ2v) is 7.12. The molecule has 3 rings (SSSR count). The zero-order valence-electron chi connectivity index (χ0n) is 16.9. The van der Waals surface area contributed by atoms with Crippen LogP contribution in [-0.4, -0.2) is 24.4 Å². The van der Waals surface area contributed by atoms with Gasteiger partial charge in [0.15, 0.2) is 0 Å². The maximum Gasteiger partial charge on any atom is 0.226 e. The number of para-hydroxylation sites is 1. The maximum absolute atomic E-state index is 12.4. The van der Waals surface area contributed by atoms with Crippen molar-refractivity contribution in [3.8, 4) is 0 Å². The smallest absolute Gasteiger partial charge is 0.226 e. The third-order valence-corrected chi connectivity index (χ3v) is 5.04. The van der Waals surface area contributed by atoms with Crippen LogP contribution in [0.25, 0.3) is 0 Å². The van der Waals surface area contributed by atoms with E-state index in [9.17, 15) is 9.59 Å². The van der Waals surface area contributed by atoms with Crippen LogP contribution in [0, 0.1) is 0 Å². The van der Waals surface area contributed by atoms with Crippen LogP contribution in [0.15, 0.2) is 48.5 Å². The zero-order chi connectivity index (χ0) is 20.1. The van der Waals surface area contributed by atoms with Gasteiger partial charge in [-0.2, -0.15) is 0 Å². The predicted molar refractivity (Wildman–Crippen MR) is 121 cm³/mol. The number of carbonyl (C=O) groups excluding carboxylic acids is 2. The SMILES string of the molecule is CCC(=O)N1c2ccccc2[C@H](Nc2ccc(NC(=O)CCN)cc2)C[C@@H]1C.Cl. The van der Waals surface area contributed by atoms with Gasteiger partial charge in [0, 0.05) is 42.5 Å². The van der Waals surface area contributed by atoms with E-state index in [0.29, 0.717) is 19.4 Å². The molecule has 0 aliphatic carbocycles. The van der Waals surface area contributed by atoms with Crippen molar-refractivity contribution in [3.63, 3.8) is 0 Å². The van der Waals surface area contributed by atoms with Gasteiger partial charge < -0.3 is 21.3 Å². The van der Waals surface area contributed by atoms with Crippen LogP contribution in [0.2, 0.25) is 0 Å². The summed E-state index contributed by atoms with van der Waals surface area (Å²) in [5.41, 5.74) is 9.24. The molecule has 0 fully saturated rings. The fourth-order valence-corrected chi connectivity index (χ4v) is 3.71. The summed E-state index contributed by atoms with van der Waals surface area (Å²) >= 11 is 0. The molecule has 0 unspecified atom stereocenters. The molecule has 0 spiro atoms. The van der Waals surface area contributed by atoms with Gasteiger partial charge in [-0.1, -0.05) is 25.1 Å². The molecule has 1 heterocycles. The second kappa shape index (κ2) is 10.3. The topological polar surface area (TPSA) is 87.5 Å². The number of amides is 2. The molecule has 2 aromatic carbocycles. The van der Waals surface area contributed by atoms with Crippen molar-refractivity contribution in [2.24, 2.45) is 5.73 Å². The molecule has 0 saturated heterocycles. The lowest BCUT2D eigenvalue weighted by atomic mass is 9.91. The first-order chi connectivity index (χ1) is 13.5. The molecule has 0 saturated carbocycles. The fourth-order valence-electron chi connectivity index (χ4n) is 3.71. The summed E-state index contributed by atoms with van der Waals surface area (Å²) < 4.78 is 0. The lowest BCUT2D eigenvalue weighted by molar-refractivity contribution is -0.119. The first-order valence-corrected chi connectivity index (χ1v) is 9.81. The van der Waals surface area contributed by atoms with Crippen molar-refractivity contribution in [3.05, 3.63) is 54.1 Å². The molecule has 29 heavy (non-hydrogen) atoms. The minimum atomic E-state index is -0.0843. The Bertz CT molecular complexity index is 841. The van der Waals surface area contributed by atoms with E-state index in [0.717, 1.165) is 29.0 Å². The number of hydrogen-bond acceptors (Lipinski definition) is 4. The summed E-state index contributed by atoms with van der Waals surface area (Å²) in [6.07, 6.45) is 1.63. The van der Waals surface area contributed by atoms with Gasteiger partial charge >= 0.3 is 0 Å². The van der Waals surface area contributed by atoms with E-state index in [4.69, 9.17) is 5.73 Å². The summed E-state index contributed by atoms with van der Waals surface area (Å²) in [5.74, 6) is 0.0647. The molecule has 156 valence electrons. The van der Waals surface area contributed by atoms with Crippen LogP contribution in [-0.2, 0) is 9.59 Å². The van der Waals surface area contributed by atoms with Crippen LogP contribution in [0.1, 0.15) is 44.7 Å². The summed E-state index contributed by atoms with van der Waals surface area (Å²) in [7, 11) is 0. The number of fused-ring (bicyclic) bond motifs is 1. The van der Waals surface area contributed by atoms with Crippen LogP contribution in [0.5, 0.6) is 0 Å². The molecule has 0 bridgehead atoms. The Morgan fingerprint density at radius 2 is 1.76 bits per heavy atom. The standard InChI is InChI=1S/C22H28N4O2.ClH/c1-3-22(28)26-15(2)14-19(18-6-4-5-7-20(18)26)24-16-8-10-17(11-9-16)25-21(27)12-13-23;/h4-11,15,19,24H,3,12-14,23H2,1-2H3,(H,25,27);1H/t15-,19+;/m0./s1. The Hall–Kier alpha value is -2.57. The number of nitrogens with one attached hydrogen (secondary N) is 2. The number of nitrogens with two attached hydrogens (primary N) is 1.